The molecule has 1 aromatic carbocycles. The molecule has 0 saturated heterocycles. The highest BCUT2D eigenvalue weighted by molar-refractivity contribution is 7.09. The van der Waals surface area contributed by atoms with Gasteiger partial charge in [-0.15, -0.1) is 22.9 Å². The number of halogens is 2. The molecule has 2 atom stereocenters. The minimum atomic E-state index is -0.271. The zero-order chi connectivity index (χ0) is 15.0. The fourth-order valence-electron chi connectivity index (χ4n) is 2.65. The molecule has 0 aliphatic rings. The fraction of sp³-hybridized carbons (Fsp3) is 0.312. The number of fused-ring (bicyclic) bond motifs is 1. The van der Waals surface area contributed by atoms with Gasteiger partial charge in [-0.1, -0.05) is 6.07 Å². The second-order valence-corrected chi connectivity index (χ2v) is 6.91. The van der Waals surface area contributed by atoms with Crippen molar-refractivity contribution in [2.75, 3.05) is 0 Å². The lowest BCUT2D eigenvalue weighted by Crippen LogP contribution is -2.12. The number of alkyl halides is 1. The van der Waals surface area contributed by atoms with Crippen LogP contribution in [0.15, 0.2) is 35.7 Å². The second-order valence-electron chi connectivity index (χ2n) is 5.22. The van der Waals surface area contributed by atoms with Gasteiger partial charge in [-0.05, 0) is 37.4 Å². The van der Waals surface area contributed by atoms with Crippen LogP contribution in [0.4, 0.5) is 4.39 Å². The van der Waals surface area contributed by atoms with Crippen molar-refractivity contribution in [2.24, 2.45) is 0 Å². The molecule has 2 unspecified atom stereocenters. The van der Waals surface area contributed by atoms with Crippen molar-refractivity contribution in [3.8, 4) is 0 Å². The molecule has 3 aromatic rings. The largest absolute Gasteiger partial charge is 0.324 e. The average molecular weight is 323 g/mol. The van der Waals surface area contributed by atoms with E-state index in [2.05, 4.69) is 34.0 Å². The molecule has 0 bridgehead atoms. The number of rotatable bonds is 4. The molecule has 2 nitrogen and oxygen atoms in total. The highest BCUT2D eigenvalue weighted by atomic mass is 35.5. The summed E-state index contributed by atoms with van der Waals surface area (Å²) in [6, 6.07) is 9.12. The Hall–Kier alpha value is -1.39. The highest BCUT2D eigenvalue weighted by Gasteiger charge is 2.19. The van der Waals surface area contributed by atoms with Gasteiger partial charge in [-0.25, -0.2) is 9.37 Å². The lowest BCUT2D eigenvalue weighted by Gasteiger charge is -2.18. The van der Waals surface area contributed by atoms with E-state index in [9.17, 15) is 4.39 Å². The number of aromatic nitrogens is 2. The molecular formula is C16H16ClFN2S. The SMILES string of the molecule is CC(Cl)c1nc2cc(F)ccc2n1C(C)Cc1cccs1. The van der Waals surface area contributed by atoms with Crippen molar-refractivity contribution in [1.29, 1.82) is 0 Å². The van der Waals surface area contributed by atoms with Gasteiger partial charge in [-0.2, -0.15) is 0 Å². The summed E-state index contributed by atoms with van der Waals surface area (Å²) in [7, 11) is 0. The highest BCUT2D eigenvalue weighted by Crippen LogP contribution is 2.30. The maximum atomic E-state index is 13.4. The molecule has 0 spiro atoms. The first-order chi connectivity index (χ1) is 10.1. The van der Waals surface area contributed by atoms with E-state index in [0.29, 0.717) is 5.52 Å². The monoisotopic (exact) mass is 322 g/mol. The van der Waals surface area contributed by atoms with Gasteiger partial charge in [0.15, 0.2) is 0 Å². The van der Waals surface area contributed by atoms with Gasteiger partial charge in [0.1, 0.15) is 11.6 Å². The molecule has 2 heterocycles. The number of imidazole rings is 1. The van der Waals surface area contributed by atoms with Crippen molar-refractivity contribution < 1.29 is 4.39 Å². The Bertz CT molecular complexity index is 749. The van der Waals surface area contributed by atoms with Crippen molar-refractivity contribution >= 4 is 34.0 Å². The second kappa shape index (κ2) is 5.78. The summed E-state index contributed by atoms with van der Waals surface area (Å²) in [4.78, 5) is 5.84. The molecular weight excluding hydrogens is 307 g/mol. The van der Waals surface area contributed by atoms with Crippen molar-refractivity contribution in [1.82, 2.24) is 9.55 Å². The molecule has 21 heavy (non-hydrogen) atoms. The van der Waals surface area contributed by atoms with Crippen molar-refractivity contribution in [2.45, 2.75) is 31.7 Å². The molecule has 3 rings (SSSR count). The van der Waals surface area contributed by atoms with Crippen LogP contribution in [0.1, 0.15) is 36.0 Å². The summed E-state index contributed by atoms with van der Waals surface area (Å²) in [5.41, 5.74) is 1.60. The summed E-state index contributed by atoms with van der Waals surface area (Å²) in [5, 5.41) is 1.86. The first-order valence-corrected chi connectivity index (χ1v) is 8.21. The Morgan fingerprint density at radius 2 is 2.14 bits per heavy atom. The molecule has 0 fully saturated rings. The number of hydrogen-bond acceptors (Lipinski definition) is 2. The van der Waals surface area contributed by atoms with Crippen LogP contribution in [-0.4, -0.2) is 9.55 Å². The summed E-state index contributed by atoms with van der Waals surface area (Å²) in [5.74, 6) is 0.521. The molecule has 0 N–H and O–H groups in total. The van der Waals surface area contributed by atoms with Crippen molar-refractivity contribution in [3.63, 3.8) is 0 Å². The Labute approximate surface area is 132 Å². The first kappa shape index (κ1) is 14.5. The zero-order valence-corrected chi connectivity index (χ0v) is 13.5. The molecule has 5 heteroatoms. The zero-order valence-electron chi connectivity index (χ0n) is 11.9. The number of thiophene rings is 1. The minimum absolute atomic E-state index is 0.216. The van der Waals surface area contributed by atoms with Crippen LogP contribution in [0, 0.1) is 5.82 Å². The molecule has 110 valence electrons. The molecule has 2 aromatic heterocycles. The third kappa shape index (κ3) is 2.83. The minimum Gasteiger partial charge on any atom is -0.324 e. The lowest BCUT2D eigenvalue weighted by molar-refractivity contribution is 0.538. The number of hydrogen-bond donors (Lipinski definition) is 0. The predicted octanol–water partition coefficient (Wildman–Crippen LogP) is 5.34. The van der Waals surface area contributed by atoms with E-state index < -0.39 is 0 Å². The van der Waals surface area contributed by atoms with Gasteiger partial charge in [0.2, 0.25) is 0 Å². The quantitative estimate of drug-likeness (QED) is 0.593. The van der Waals surface area contributed by atoms with E-state index >= 15 is 0 Å². The Morgan fingerprint density at radius 1 is 1.33 bits per heavy atom. The van der Waals surface area contributed by atoms with Crippen LogP contribution in [0.5, 0.6) is 0 Å². The van der Waals surface area contributed by atoms with Gasteiger partial charge >= 0.3 is 0 Å². The number of nitrogens with zero attached hydrogens (tertiary/aromatic N) is 2. The van der Waals surface area contributed by atoms with Gasteiger partial charge in [-0.3, -0.25) is 0 Å². The Kier molecular flexibility index (Phi) is 4.00. The first-order valence-electron chi connectivity index (χ1n) is 6.90. The van der Waals surface area contributed by atoms with Crippen LogP contribution >= 0.6 is 22.9 Å². The fourth-order valence-corrected chi connectivity index (χ4v) is 3.63. The topological polar surface area (TPSA) is 17.8 Å². The maximum absolute atomic E-state index is 13.4. The van der Waals surface area contributed by atoms with Gasteiger partial charge in [0, 0.05) is 23.4 Å². The third-order valence-electron chi connectivity index (χ3n) is 3.55. The lowest BCUT2D eigenvalue weighted by atomic mass is 10.2. The van der Waals surface area contributed by atoms with Crippen LogP contribution < -0.4 is 0 Å². The summed E-state index contributed by atoms with van der Waals surface area (Å²) in [6.45, 7) is 4.04. The van der Waals surface area contributed by atoms with E-state index in [-0.39, 0.29) is 17.2 Å². The summed E-state index contributed by atoms with van der Waals surface area (Å²) < 4.78 is 15.5. The molecule has 0 aliphatic carbocycles. The normalized spacial score (nSPS) is 14.5. The van der Waals surface area contributed by atoms with Crippen LogP contribution in [0.3, 0.4) is 0 Å². The maximum Gasteiger partial charge on any atom is 0.127 e. The van der Waals surface area contributed by atoms with Crippen LogP contribution in [-0.2, 0) is 6.42 Å². The Morgan fingerprint density at radius 3 is 2.81 bits per heavy atom. The molecule has 0 aliphatic heterocycles. The van der Waals surface area contributed by atoms with Gasteiger partial charge < -0.3 is 4.57 Å². The van der Waals surface area contributed by atoms with Crippen molar-refractivity contribution in [3.05, 3.63) is 52.2 Å². The standard InChI is InChI=1S/C16H16ClFN2S/c1-10(8-13-4-3-7-21-13)20-15-6-5-12(18)9-14(15)19-16(20)11(2)17/h3-7,9-11H,8H2,1-2H3. The van der Waals surface area contributed by atoms with E-state index in [0.717, 1.165) is 17.8 Å². The summed E-state index contributed by atoms with van der Waals surface area (Å²) >= 11 is 8.01. The van der Waals surface area contributed by atoms with E-state index in [1.54, 1.807) is 17.4 Å². The molecule has 0 saturated carbocycles. The van der Waals surface area contributed by atoms with Gasteiger partial charge in [0.05, 0.1) is 16.4 Å². The molecule has 0 amide bonds. The summed E-state index contributed by atoms with van der Waals surface area (Å²) in [6.07, 6.45) is 0.914. The molecule has 0 radical (unpaired) electrons. The third-order valence-corrected chi connectivity index (χ3v) is 4.65. The van der Waals surface area contributed by atoms with E-state index in [1.807, 2.05) is 6.92 Å². The van der Waals surface area contributed by atoms with E-state index in [4.69, 9.17) is 11.6 Å². The Balaban J connectivity index is 2.08. The van der Waals surface area contributed by atoms with Gasteiger partial charge in [0.25, 0.3) is 0 Å². The predicted molar refractivity (Wildman–Crippen MR) is 86.7 cm³/mol. The smallest absolute Gasteiger partial charge is 0.127 e. The number of benzene rings is 1. The van der Waals surface area contributed by atoms with E-state index in [1.165, 1.54) is 17.0 Å². The average Bonchev–Trinajstić information content (AvgIpc) is 3.04. The van der Waals surface area contributed by atoms with Crippen LogP contribution in [0.25, 0.3) is 11.0 Å². The van der Waals surface area contributed by atoms with Crippen LogP contribution in [0.2, 0.25) is 0 Å².